The first kappa shape index (κ1) is 73.6. The Balaban J connectivity index is 4.25. The molecule has 6 heteroatoms. The maximum atomic E-state index is 12.9. The summed E-state index contributed by atoms with van der Waals surface area (Å²) in [6.45, 7) is 6.66. The third-order valence-electron chi connectivity index (χ3n) is 15.4. The minimum atomic E-state index is -0.776. The Bertz CT molecular complexity index is 1270. The van der Waals surface area contributed by atoms with E-state index in [0.29, 0.717) is 19.3 Å². The number of hydrogen-bond acceptors (Lipinski definition) is 6. The van der Waals surface area contributed by atoms with Gasteiger partial charge in [-0.05, 0) is 77.0 Å². The minimum absolute atomic E-state index is 0.0720. The van der Waals surface area contributed by atoms with Crippen molar-refractivity contribution < 1.29 is 28.6 Å². The molecule has 0 saturated heterocycles. The van der Waals surface area contributed by atoms with Crippen molar-refractivity contribution in [3.63, 3.8) is 0 Å². The first-order chi connectivity index (χ1) is 37.5. The van der Waals surface area contributed by atoms with Gasteiger partial charge in [-0.1, -0.05) is 314 Å². The highest BCUT2D eigenvalue weighted by molar-refractivity contribution is 5.71. The van der Waals surface area contributed by atoms with Crippen LogP contribution in [0.2, 0.25) is 0 Å². The van der Waals surface area contributed by atoms with Gasteiger partial charge in [0.05, 0.1) is 0 Å². The van der Waals surface area contributed by atoms with Crippen LogP contribution in [0.15, 0.2) is 36.5 Å². The second-order valence-corrected chi connectivity index (χ2v) is 23.1. The number of unbranched alkanes of at least 4 members (excludes halogenated alkanes) is 46. The van der Waals surface area contributed by atoms with E-state index < -0.39 is 6.10 Å². The van der Waals surface area contributed by atoms with Crippen molar-refractivity contribution in [2.45, 2.75) is 380 Å². The summed E-state index contributed by atoms with van der Waals surface area (Å²) < 4.78 is 17.0. The zero-order valence-corrected chi connectivity index (χ0v) is 51.3. The molecule has 0 aliphatic heterocycles. The molecule has 0 saturated carbocycles. The highest BCUT2D eigenvalue weighted by Gasteiger charge is 2.19. The number of rotatable bonds is 63. The number of allylic oxidation sites excluding steroid dienone is 6. The molecule has 0 aliphatic carbocycles. The van der Waals surface area contributed by atoms with Crippen molar-refractivity contribution in [2.24, 2.45) is 0 Å². The molecular weight excluding hydrogens is 937 g/mol. The summed E-state index contributed by atoms with van der Waals surface area (Å²) in [4.78, 5) is 38.4. The van der Waals surface area contributed by atoms with Crippen LogP contribution in [-0.4, -0.2) is 37.2 Å². The van der Waals surface area contributed by atoms with Gasteiger partial charge in [0.25, 0.3) is 0 Å². The standard InChI is InChI=1S/C70H130O6/c1-4-7-10-13-16-19-22-25-28-30-32-33-34-35-36-37-39-40-42-45-48-51-54-57-60-63-69(72)75-66-67(65-74-68(71)62-59-56-53-50-47-44-27-24-21-18-15-12-9-6-3)76-70(73)64-61-58-55-52-49-46-43-41-38-31-29-26-23-20-17-14-11-8-5-2/h17,20,24,26-27,29,67H,4-16,18-19,21-23,25,28,30-66H2,1-3H3/b20-17-,27-24-,29-26-. The molecule has 0 amide bonds. The quantitative estimate of drug-likeness (QED) is 0.0261. The van der Waals surface area contributed by atoms with Crippen LogP contribution in [0.3, 0.4) is 0 Å². The average Bonchev–Trinajstić information content (AvgIpc) is 3.42. The molecule has 1 atom stereocenters. The summed E-state index contributed by atoms with van der Waals surface area (Å²) >= 11 is 0. The molecule has 6 nitrogen and oxygen atoms in total. The molecule has 1 unspecified atom stereocenters. The molecule has 446 valence electrons. The van der Waals surface area contributed by atoms with E-state index in [4.69, 9.17) is 14.2 Å². The van der Waals surface area contributed by atoms with E-state index in [1.807, 2.05) is 0 Å². The number of carbonyl (C=O) groups excluding carboxylic acids is 3. The molecule has 76 heavy (non-hydrogen) atoms. The maximum absolute atomic E-state index is 12.9. The molecule has 0 N–H and O–H groups in total. The Labute approximate surface area is 474 Å². The van der Waals surface area contributed by atoms with E-state index in [0.717, 1.165) is 70.6 Å². The summed E-state index contributed by atoms with van der Waals surface area (Å²) in [5, 5.41) is 0. The van der Waals surface area contributed by atoms with Crippen LogP contribution >= 0.6 is 0 Å². The van der Waals surface area contributed by atoms with Crippen LogP contribution in [0.25, 0.3) is 0 Å². The van der Waals surface area contributed by atoms with Crippen LogP contribution in [0.1, 0.15) is 374 Å². The van der Waals surface area contributed by atoms with Crippen molar-refractivity contribution in [3.8, 4) is 0 Å². The van der Waals surface area contributed by atoms with Crippen LogP contribution in [0.4, 0.5) is 0 Å². The topological polar surface area (TPSA) is 78.9 Å². The van der Waals surface area contributed by atoms with E-state index >= 15 is 0 Å². The van der Waals surface area contributed by atoms with E-state index in [1.165, 1.54) is 263 Å². The molecule has 0 fully saturated rings. The molecule has 0 aromatic heterocycles. The molecule has 0 bridgehead atoms. The SMILES string of the molecule is CCCCC/C=C\C/C=C\CCCCCCCCCCCC(=O)OC(COC(=O)CCCCCCC/C=C\CCCCCCC)COC(=O)CCCCCCCCCCCCCCCCCCCCCCCCCCC. The van der Waals surface area contributed by atoms with Crippen molar-refractivity contribution in [1.29, 1.82) is 0 Å². The average molecular weight is 1070 g/mol. The highest BCUT2D eigenvalue weighted by Crippen LogP contribution is 2.18. The van der Waals surface area contributed by atoms with Crippen LogP contribution in [0.5, 0.6) is 0 Å². The molecule has 0 spiro atoms. The monoisotopic (exact) mass is 1070 g/mol. The molecule has 0 radical (unpaired) electrons. The normalized spacial score (nSPS) is 12.2. The lowest BCUT2D eigenvalue weighted by Crippen LogP contribution is -2.30. The van der Waals surface area contributed by atoms with Gasteiger partial charge in [-0.25, -0.2) is 0 Å². The van der Waals surface area contributed by atoms with Gasteiger partial charge in [-0.15, -0.1) is 0 Å². The summed E-state index contributed by atoms with van der Waals surface area (Å²) in [6.07, 6.45) is 80.2. The highest BCUT2D eigenvalue weighted by atomic mass is 16.6. The second-order valence-electron chi connectivity index (χ2n) is 23.1. The summed E-state index contributed by atoms with van der Waals surface area (Å²) in [5.74, 6) is -0.859. The van der Waals surface area contributed by atoms with Gasteiger partial charge in [0.1, 0.15) is 13.2 Å². The molecule has 0 aliphatic rings. The zero-order valence-electron chi connectivity index (χ0n) is 51.3. The molecule has 0 aromatic rings. The van der Waals surface area contributed by atoms with Crippen LogP contribution in [0, 0.1) is 0 Å². The van der Waals surface area contributed by atoms with Crippen molar-refractivity contribution in [1.82, 2.24) is 0 Å². The van der Waals surface area contributed by atoms with Gasteiger partial charge in [-0.3, -0.25) is 14.4 Å². The predicted molar refractivity (Wildman–Crippen MR) is 330 cm³/mol. The predicted octanol–water partition coefficient (Wildman–Crippen LogP) is 23.2. The Hall–Kier alpha value is -2.37. The third kappa shape index (κ3) is 62.5. The van der Waals surface area contributed by atoms with Gasteiger partial charge in [0.2, 0.25) is 0 Å². The number of esters is 3. The second kappa shape index (κ2) is 65.2. The van der Waals surface area contributed by atoms with Crippen molar-refractivity contribution >= 4 is 17.9 Å². The van der Waals surface area contributed by atoms with Gasteiger partial charge in [0, 0.05) is 19.3 Å². The summed E-state index contributed by atoms with van der Waals surface area (Å²) in [7, 11) is 0. The van der Waals surface area contributed by atoms with Gasteiger partial charge in [-0.2, -0.15) is 0 Å². The van der Waals surface area contributed by atoms with Crippen LogP contribution in [-0.2, 0) is 28.6 Å². The van der Waals surface area contributed by atoms with E-state index in [9.17, 15) is 14.4 Å². The Morgan fingerprint density at radius 2 is 0.474 bits per heavy atom. The van der Waals surface area contributed by atoms with Gasteiger partial charge in [0.15, 0.2) is 6.10 Å². The molecule has 0 aromatic carbocycles. The Morgan fingerprint density at radius 3 is 0.763 bits per heavy atom. The lowest BCUT2D eigenvalue weighted by Gasteiger charge is -2.18. The maximum Gasteiger partial charge on any atom is 0.306 e. The molecular formula is C70H130O6. The third-order valence-corrected chi connectivity index (χ3v) is 15.4. The van der Waals surface area contributed by atoms with E-state index in [1.54, 1.807) is 0 Å². The van der Waals surface area contributed by atoms with E-state index in [-0.39, 0.29) is 31.1 Å². The first-order valence-corrected chi connectivity index (χ1v) is 34.0. The van der Waals surface area contributed by atoms with Gasteiger partial charge < -0.3 is 14.2 Å². The summed E-state index contributed by atoms with van der Waals surface area (Å²) in [5.41, 5.74) is 0. The summed E-state index contributed by atoms with van der Waals surface area (Å²) in [6, 6.07) is 0. The molecule has 0 heterocycles. The lowest BCUT2D eigenvalue weighted by atomic mass is 10.0. The number of carbonyl (C=O) groups is 3. The zero-order chi connectivity index (χ0) is 55.0. The van der Waals surface area contributed by atoms with Crippen molar-refractivity contribution in [3.05, 3.63) is 36.5 Å². The minimum Gasteiger partial charge on any atom is -0.462 e. The lowest BCUT2D eigenvalue weighted by molar-refractivity contribution is -0.167. The smallest absolute Gasteiger partial charge is 0.306 e. The van der Waals surface area contributed by atoms with Crippen LogP contribution < -0.4 is 0 Å². The Kier molecular flexibility index (Phi) is 63.1. The first-order valence-electron chi connectivity index (χ1n) is 34.0. The number of ether oxygens (including phenoxy) is 3. The molecule has 0 rings (SSSR count). The fourth-order valence-corrected chi connectivity index (χ4v) is 10.2. The van der Waals surface area contributed by atoms with Crippen molar-refractivity contribution in [2.75, 3.05) is 13.2 Å². The van der Waals surface area contributed by atoms with E-state index in [2.05, 4.69) is 57.2 Å². The fourth-order valence-electron chi connectivity index (χ4n) is 10.2. The Morgan fingerprint density at radius 1 is 0.263 bits per heavy atom. The fraction of sp³-hybridized carbons (Fsp3) is 0.871. The largest absolute Gasteiger partial charge is 0.462 e. The van der Waals surface area contributed by atoms with Gasteiger partial charge >= 0.3 is 17.9 Å². The number of hydrogen-bond donors (Lipinski definition) is 0.